The highest BCUT2D eigenvalue weighted by Gasteiger charge is 2.26. The summed E-state index contributed by atoms with van der Waals surface area (Å²) in [5, 5.41) is 7.04. The van der Waals surface area contributed by atoms with E-state index in [1.807, 2.05) is 20.8 Å². The van der Waals surface area contributed by atoms with Crippen LogP contribution in [0.5, 0.6) is 0 Å². The number of hydrogen-bond donors (Lipinski definition) is 2. The zero-order chi connectivity index (χ0) is 23.5. The highest BCUT2D eigenvalue weighted by molar-refractivity contribution is 5.96. The van der Waals surface area contributed by atoms with E-state index in [2.05, 4.69) is 30.4 Å². The number of carbonyl (C=O) groups is 1. The lowest BCUT2D eigenvalue weighted by Gasteiger charge is -2.18. The molecule has 4 rings (SSSR count). The van der Waals surface area contributed by atoms with Crippen molar-refractivity contribution in [2.24, 2.45) is 5.92 Å². The summed E-state index contributed by atoms with van der Waals surface area (Å²) >= 11 is 0. The molecule has 170 valence electrons. The van der Waals surface area contributed by atoms with E-state index >= 15 is 0 Å². The Morgan fingerprint density at radius 2 is 2.00 bits per heavy atom. The lowest BCUT2D eigenvalue weighted by molar-refractivity contribution is 0.0913. The molecule has 0 aliphatic carbocycles. The molecule has 0 aliphatic rings. The number of aryl methyl sites for hydroxylation is 1. The number of aromatic nitrogens is 6. The van der Waals surface area contributed by atoms with E-state index in [9.17, 15) is 14.4 Å². The number of carbonyl (C=O) groups excluding carboxylic acids is 1. The summed E-state index contributed by atoms with van der Waals surface area (Å²) < 4.78 is 6.80. The van der Waals surface area contributed by atoms with Gasteiger partial charge in [-0.05, 0) is 30.5 Å². The maximum absolute atomic E-state index is 13.0. The van der Waals surface area contributed by atoms with E-state index < -0.39 is 23.2 Å². The van der Waals surface area contributed by atoms with Gasteiger partial charge in [-0.2, -0.15) is 4.98 Å². The number of amides is 1. The third-order valence-electron chi connectivity index (χ3n) is 5.14. The molecule has 11 heteroatoms. The first-order chi connectivity index (χ1) is 15.9. The molecule has 0 aliphatic heterocycles. The lowest BCUT2D eigenvalue weighted by atomic mass is 10.0. The molecule has 4 heterocycles. The quantitative estimate of drug-likeness (QED) is 0.435. The largest absolute Gasteiger partial charge is 0.340 e. The molecule has 11 nitrogen and oxygen atoms in total. The predicted molar refractivity (Wildman–Crippen MR) is 119 cm³/mol. The molecule has 2 N–H and O–H groups in total. The van der Waals surface area contributed by atoms with Crippen molar-refractivity contribution in [3.8, 4) is 11.4 Å². The van der Waals surface area contributed by atoms with E-state index in [1.54, 1.807) is 24.5 Å². The number of pyridine rings is 2. The maximum atomic E-state index is 13.0. The van der Waals surface area contributed by atoms with E-state index in [-0.39, 0.29) is 28.4 Å². The van der Waals surface area contributed by atoms with Gasteiger partial charge in [0.2, 0.25) is 11.7 Å². The van der Waals surface area contributed by atoms with E-state index in [4.69, 9.17) is 4.52 Å². The van der Waals surface area contributed by atoms with Gasteiger partial charge in [-0.1, -0.05) is 25.9 Å². The van der Waals surface area contributed by atoms with Gasteiger partial charge in [0.15, 0.2) is 0 Å². The van der Waals surface area contributed by atoms with Crippen LogP contribution >= 0.6 is 0 Å². The van der Waals surface area contributed by atoms with Gasteiger partial charge in [-0.15, -0.1) is 0 Å². The zero-order valence-corrected chi connectivity index (χ0v) is 18.4. The molecule has 1 unspecified atom stereocenters. The second-order valence-corrected chi connectivity index (χ2v) is 7.89. The first-order valence-corrected chi connectivity index (χ1v) is 10.6. The lowest BCUT2D eigenvalue weighted by Crippen LogP contribution is -2.33. The molecular weight excluding hydrogens is 426 g/mol. The first kappa shape index (κ1) is 22.1. The number of nitrogens with zero attached hydrogens (tertiary/aromatic N) is 5. The highest BCUT2D eigenvalue weighted by atomic mass is 16.5. The van der Waals surface area contributed by atoms with Crippen LogP contribution in [-0.2, 0) is 6.54 Å². The number of aromatic amines is 1. The van der Waals surface area contributed by atoms with Crippen molar-refractivity contribution < 1.29 is 9.32 Å². The molecule has 0 radical (unpaired) electrons. The minimum atomic E-state index is -0.594. The average Bonchev–Trinajstić information content (AvgIpc) is 3.30. The third kappa shape index (κ3) is 4.43. The molecule has 1 atom stereocenters. The van der Waals surface area contributed by atoms with Crippen molar-refractivity contribution in [2.75, 3.05) is 0 Å². The Morgan fingerprint density at radius 3 is 2.70 bits per heavy atom. The number of nitrogens with one attached hydrogen (secondary N) is 2. The fourth-order valence-corrected chi connectivity index (χ4v) is 3.44. The molecule has 33 heavy (non-hydrogen) atoms. The molecule has 0 fully saturated rings. The predicted octanol–water partition coefficient (Wildman–Crippen LogP) is 2.07. The van der Waals surface area contributed by atoms with Crippen LogP contribution in [0, 0.1) is 5.92 Å². The van der Waals surface area contributed by atoms with E-state index in [0.29, 0.717) is 18.8 Å². The highest BCUT2D eigenvalue weighted by Crippen LogP contribution is 2.24. The van der Waals surface area contributed by atoms with Gasteiger partial charge < -0.3 is 9.84 Å². The normalized spacial score (nSPS) is 12.2. The monoisotopic (exact) mass is 449 g/mol. The molecule has 4 aromatic rings. The number of fused-ring (bicyclic) bond motifs is 1. The van der Waals surface area contributed by atoms with Crippen LogP contribution < -0.4 is 16.6 Å². The van der Waals surface area contributed by atoms with Crippen molar-refractivity contribution in [3.63, 3.8) is 0 Å². The summed E-state index contributed by atoms with van der Waals surface area (Å²) in [6.45, 7) is 6.13. The summed E-state index contributed by atoms with van der Waals surface area (Å²) in [6, 6.07) is 4.38. The van der Waals surface area contributed by atoms with Gasteiger partial charge in [0, 0.05) is 30.7 Å². The number of hydrogen-bond acceptors (Lipinski definition) is 8. The van der Waals surface area contributed by atoms with Crippen LogP contribution in [0.1, 0.15) is 49.5 Å². The second-order valence-electron chi connectivity index (χ2n) is 7.89. The van der Waals surface area contributed by atoms with Crippen molar-refractivity contribution in [3.05, 3.63) is 69.1 Å². The van der Waals surface area contributed by atoms with E-state index in [0.717, 1.165) is 5.56 Å². The molecule has 0 bridgehead atoms. The minimum Gasteiger partial charge on any atom is -0.340 e. The fourth-order valence-electron chi connectivity index (χ4n) is 3.44. The molecule has 4 aromatic heterocycles. The Labute approximate surface area is 187 Å². The van der Waals surface area contributed by atoms with Crippen LogP contribution in [0.4, 0.5) is 0 Å². The average molecular weight is 449 g/mol. The second kappa shape index (κ2) is 9.15. The minimum absolute atomic E-state index is 0.0637. The maximum Gasteiger partial charge on any atom is 0.329 e. The molecule has 0 aromatic carbocycles. The van der Waals surface area contributed by atoms with Gasteiger partial charge in [0.05, 0.1) is 10.9 Å². The van der Waals surface area contributed by atoms with Crippen molar-refractivity contribution in [1.29, 1.82) is 0 Å². The van der Waals surface area contributed by atoms with Gasteiger partial charge >= 0.3 is 5.69 Å². The Balaban J connectivity index is 1.64. The molecule has 0 spiro atoms. The zero-order valence-electron chi connectivity index (χ0n) is 18.4. The van der Waals surface area contributed by atoms with Gasteiger partial charge in [-0.3, -0.25) is 24.1 Å². The molecule has 0 saturated heterocycles. The topological polar surface area (TPSA) is 149 Å². The Hall–Kier alpha value is -4.15. The summed E-state index contributed by atoms with van der Waals surface area (Å²) in [5.41, 5.74) is 0.0321. The van der Waals surface area contributed by atoms with Crippen molar-refractivity contribution in [2.45, 2.75) is 39.8 Å². The summed E-state index contributed by atoms with van der Waals surface area (Å²) in [4.78, 5) is 52.4. The number of H-pyrrole nitrogens is 1. The van der Waals surface area contributed by atoms with E-state index in [1.165, 1.54) is 16.8 Å². The van der Waals surface area contributed by atoms with Crippen molar-refractivity contribution >= 4 is 16.9 Å². The third-order valence-corrected chi connectivity index (χ3v) is 5.14. The Morgan fingerprint density at radius 1 is 1.24 bits per heavy atom. The summed E-state index contributed by atoms with van der Waals surface area (Å²) in [5.74, 6) is 0.124. The number of rotatable bonds is 7. The van der Waals surface area contributed by atoms with Crippen LogP contribution in [-0.4, -0.2) is 35.6 Å². The molecular formula is C22H23N7O4. The standard InChI is InChI=1S/C22H23N7O4/c1-4-9-29-18-15(20(31)27-22(29)32)10-14(11-24-18)19(30)25-16(12(2)3)21-26-17(28-33-21)13-5-7-23-8-6-13/h5-8,10-12,16H,4,9H2,1-3H3,(H,25,30)(H,27,31,32). The van der Waals surface area contributed by atoms with Crippen LogP contribution in [0.3, 0.4) is 0 Å². The first-order valence-electron chi connectivity index (χ1n) is 10.6. The van der Waals surface area contributed by atoms with Crippen LogP contribution in [0.2, 0.25) is 0 Å². The van der Waals surface area contributed by atoms with Gasteiger partial charge in [0.25, 0.3) is 11.5 Å². The Kier molecular flexibility index (Phi) is 6.11. The van der Waals surface area contributed by atoms with Crippen LogP contribution in [0.25, 0.3) is 22.4 Å². The summed E-state index contributed by atoms with van der Waals surface area (Å²) in [7, 11) is 0. The Bertz CT molecular complexity index is 1410. The fraction of sp³-hybridized carbons (Fsp3) is 0.318. The molecule has 1 amide bonds. The van der Waals surface area contributed by atoms with Gasteiger partial charge in [-0.25, -0.2) is 9.78 Å². The van der Waals surface area contributed by atoms with Crippen molar-refractivity contribution in [1.82, 2.24) is 35.0 Å². The molecule has 0 saturated carbocycles. The smallest absolute Gasteiger partial charge is 0.329 e. The SMILES string of the molecule is CCCn1c(=O)[nH]c(=O)c2cc(C(=O)NC(c3nc(-c4ccncc4)no3)C(C)C)cnc21. The van der Waals surface area contributed by atoms with Crippen LogP contribution in [0.15, 0.2) is 50.9 Å². The van der Waals surface area contributed by atoms with Gasteiger partial charge in [0.1, 0.15) is 11.7 Å². The summed E-state index contributed by atoms with van der Waals surface area (Å²) in [6.07, 6.45) is 5.28.